The molecule has 6 heteroatoms. The van der Waals surface area contributed by atoms with E-state index >= 15 is 0 Å². The lowest BCUT2D eigenvalue weighted by atomic mass is 10.2. The lowest BCUT2D eigenvalue weighted by molar-refractivity contribution is -0.139. The Morgan fingerprint density at radius 3 is 2.74 bits per heavy atom. The van der Waals surface area contributed by atoms with Crippen LogP contribution in [-0.4, -0.2) is 62.7 Å². The minimum absolute atomic E-state index is 0.371. The van der Waals surface area contributed by atoms with Gasteiger partial charge in [0.2, 0.25) is 0 Å². The van der Waals surface area contributed by atoms with E-state index in [-0.39, 0.29) is 0 Å². The number of likely N-dealkylation sites (N-methyl/N-ethyl adjacent to an activating group) is 1. The molecule has 0 aromatic heterocycles. The third kappa shape index (κ3) is 5.57. The number of amides is 2. The number of hydrogen-bond donors (Lipinski definition) is 2. The zero-order valence-electron chi connectivity index (χ0n) is 11.9. The Balaban J connectivity index is 2.17. The third-order valence-corrected chi connectivity index (χ3v) is 3.42. The van der Waals surface area contributed by atoms with Crippen molar-refractivity contribution in [2.24, 2.45) is 0 Å². The Hall–Kier alpha value is -1.14. The van der Waals surface area contributed by atoms with Crippen LogP contribution in [0.5, 0.6) is 0 Å². The highest BCUT2D eigenvalue weighted by Crippen LogP contribution is 2.15. The van der Waals surface area contributed by atoms with Gasteiger partial charge in [0.05, 0.1) is 0 Å². The van der Waals surface area contributed by atoms with Crippen molar-refractivity contribution >= 4 is 11.8 Å². The number of carbonyl (C=O) groups is 2. The van der Waals surface area contributed by atoms with Crippen LogP contribution in [0.25, 0.3) is 0 Å². The highest BCUT2D eigenvalue weighted by Gasteiger charge is 2.24. The summed E-state index contributed by atoms with van der Waals surface area (Å²) in [6, 6.07) is 0.371. The largest absolute Gasteiger partial charge is 0.385 e. The molecule has 0 unspecified atom stereocenters. The summed E-state index contributed by atoms with van der Waals surface area (Å²) in [6.45, 7) is 5.78. The van der Waals surface area contributed by atoms with Crippen molar-refractivity contribution in [1.29, 1.82) is 0 Å². The van der Waals surface area contributed by atoms with Gasteiger partial charge in [0.25, 0.3) is 0 Å². The lowest BCUT2D eigenvalue weighted by Gasteiger charge is -2.22. The summed E-state index contributed by atoms with van der Waals surface area (Å²) in [7, 11) is 1.61. The fourth-order valence-electron chi connectivity index (χ4n) is 2.33. The van der Waals surface area contributed by atoms with E-state index in [1.165, 1.54) is 0 Å². The van der Waals surface area contributed by atoms with Crippen LogP contribution in [0.15, 0.2) is 0 Å². The van der Waals surface area contributed by atoms with E-state index in [2.05, 4.69) is 22.5 Å². The molecule has 110 valence electrons. The molecule has 0 aromatic carbocycles. The van der Waals surface area contributed by atoms with Crippen molar-refractivity contribution in [3.05, 3.63) is 0 Å². The number of ether oxygens (including phenoxy) is 1. The predicted octanol–water partition coefficient (Wildman–Crippen LogP) is -0.260. The Morgan fingerprint density at radius 2 is 2.05 bits per heavy atom. The monoisotopic (exact) mass is 271 g/mol. The van der Waals surface area contributed by atoms with Gasteiger partial charge in [0, 0.05) is 32.8 Å². The van der Waals surface area contributed by atoms with Crippen molar-refractivity contribution in [3.63, 3.8) is 0 Å². The second-order valence-corrected chi connectivity index (χ2v) is 4.74. The second-order valence-electron chi connectivity index (χ2n) is 4.74. The van der Waals surface area contributed by atoms with Gasteiger partial charge in [-0.3, -0.25) is 14.5 Å². The molecule has 2 amide bonds. The number of nitrogens with zero attached hydrogens (tertiary/aromatic N) is 1. The molecular formula is C13H25N3O3. The fraction of sp³-hybridized carbons (Fsp3) is 0.846. The van der Waals surface area contributed by atoms with E-state index in [1.807, 2.05) is 0 Å². The number of methoxy groups -OCH3 is 1. The molecule has 2 N–H and O–H groups in total. The molecule has 0 bridgehead atoms. The summed E-state index contributed by atoms with van der Waals surface area (Å²) >= 11 is 0. The zero-order chi connectivity index (χ0) is 14.1. The molecule has 1 rings (SSSR count). The number of rotatable bonds is 7. The van der Waals surface area contributed by atoms with Gasteiger partial charge >= 0.3 is 11.8 Å². The van der Waals surface area contributed by atoms with E-state index in [1.54, 1.807) is 7.11 Å². The zero-order valence-corrected chi connectivity index (χ0v) is 11.9. The van der Waals surface area contributed by atoms with Crippen molar-refractivity contribution < 1.29 is 14.3 Å². The van der Waals surface area contributed by atoms with E-state index in [9.17, 15) is 9.59 Å². The summed E-state index contributed by atoms with van der Waals surface area (Å²) in [5.41, 5.74) is 0. The summed E-state index contributed by atoms with van der Waals surface area (Å²) in [6.07, 6.45) is 2.96. The molecular weight excluding hydrogens is 246 g/mol. The molecule has 0 aromatic rings. The van der Waals surface area contributed by atoms with Gasteiger partial charge in [0.1, 0.15) is 0 Å². The smallest absolute Gasteiger partial charge is 0.309 e. The SMILES string of the molecule is CCN1CCC[C@H]1CNC(=O)C(=O)NCCCOC. The van der Waals surface area contributed by atoms with Gasteiger partial charge in [-0.2, -0.15) is 0 Å². The molecule has 1 aliphatic rings. The molecule has 0 radical (unpaired) electrons. The molecule has 0 aliphatic carbocycles. The van der Waals surface area contributed by atoms with E-state index in [4.69, 9.17) is 4.74 Å². The average molecular weight is 271 g/mol. The van der Waals surface area contributed by atoms with Crippen molar-refractivity contribution in [3.8, 4) is 0 Å². The van der Waals surface area contributed by atoms with Crippen LogP contribution < -0.4 is 10.6 Å². The van der Waals surface area contributed by atoms with Gasteiger partial charge in [-0.05, 0) is 32.4 Å². The molecule has 1 atom stereocenters. The van der Waals surface area contributed by atoms with Crippen LogP contribution in [0.1, 0.15) is 26.2 Å². The summed E-state index contributed by atoms with van der Waals surface area (Å²) in [5, 5.41) is 5.28. The lowest BCUT2D eigenvalue weighted by Crippen LogP contribution is -2.45. The van der Waals surface area contributed by atoms with Gasteiger partial charge in [0.15, 0.2) is 0 Å². The summed E-state index contributed by atoms with van der Waals surface area (Å²) in [4.78, 5) is 25.4. The molecule has 19 heavy (non-hydrogen) atoms. The van der Waals surface area contributed by atoms with E-state index in [0.717, 1.165) is 25.9 Å². The fourth-order valence-corrected chi connectivity index (χ4v) is 2.33. The topological polar surface area (TPSA) is 70.7 Å². The Bertz CT molecular complexity index is 297. The molecule has 0 saturated carbocycles. The normalized spacial score (nSPS) is 19.4. The van der Waals surface area contributed by atoms with Gasteiger partial charge in [-0.25, -0.2) is 0 Å². The number of nitrogens with one attached hydrogen (secondary N) is 2. The number of likely N-dealkylation sites (tertiary alicyclic amines) is 1. The molecule has 1 heterocycles. The number of carbonyl (C=O) groups excluding carboxylic acids is 2. The number of hydrogen-bond acceptors (Lipinski definition) is 4. The maximum absolute atomic E-state index is 11.6. The van der Waals surface area contributed by atoms with Crippen molar-refractivity contribution in [2.75, 3.05) is 39.9 Å². The Kier molecular flexibility index (Phi) is 7.43. The molecule has 1 saturated heterocycles. The summed E-state index contributed by atoms with van der Waals surface area (Å²) < 4.78 is 4.87. The van der Waals surface area contributed by atoms with Crippen molar-refractivity contribution in [1.82, 2.24) is 15.5 Å². The minimum atomic E-state index is -0.558. The predicted molar refractivity (Wildman–Crippen MR) is 72.8 cm³/mol. The van der Waals surface area contributed by atoms with E-state index < -0.39 is 11.8 Å². The van der Waals surface area contributed by atoms with Gasteiger partial charge < -0.3 is 15.4 Å². The van der Waals surface area contributed by atoms with Gasteiger partial charge in [-0.1, -0.05) is 6.92 Å². The van der Waals surface area contributed by atoms with Crippen LogP contribution in [0, 0.1) is 0 Å². The third-order valence-electron chi connectivity index (χ3n) is 3.42. The van der Waals surface area contributed by atoms with Crippen LogP contribution >= 0.6 is 0 Å². The quantitative estimate of drug-likeness (QED) is 0.494. The standard InChI is InChI=1S/C13H25N3O3/c1-3-16-8-4-6-11(16)10-15-13(18)12(17)14-7-5-9-19-2/h11H,3-10H2,1-2H3,(H,14,17)(H,15,18)/t11-/m0/s1. The first-order valence-corrected chi connectivity index (χ1v) is 6.98. The maximum Gasteiger partial charge on any atom is 0.309 e. The maximum atomic E-state index is 11.6. The first-order chi connectivity index (χ1) is 9.19. The first-order valence-electron chi connectivity index (χ1n) is 6.98. The van der Waals surface area contributed by atoms with Gasteiger partial charge in [-0.15, -0.1) is 0 Å². The Morgan fingerprint density at radius 1 is 1.32 bits per heavy atom. The van der Waals surface area contributed by atoms with Crippen LogP contribution in [-0.2, 0) is 14.3 Å². The Labute approximate surface area is 114 Å². The second kappa shape index (κ2) is 8.87. The van der Waals surface area contributed by atoms with Crippen LogP contribution in [0.4, 0.5) is 0 Å². The van der Waals surface area contributed by atoms with Crippen LogP contribution in [0.3, 0.4) is 0 Å². The highest BCUT2D eigenvalue weighted by molar-refractivity contribution is 6.35. The first kappa shape index (κ1) is 15.9. The molecule has 0 spiro atoms. The minimum Gasteiger partial charge on any atom is -0.385 e. The molecule has 1 fully saturated rings. The highest BCUT2D eigenvalue weighted by atomic mass is 16.5. The average Bonchev–Trinajstić information content (AvgIpc) is 2.88. The van der Waals surface area contributed by atoms with Crippen LogP contribution in [0.2, 0.25) is 0 Å². The summed E-state index contributed by atoms with van der Waals surface area (Å²) in [5.74, 6) is -1.10. The molecule has 6 nitrogen and oxygen atoms in total. The van der Waals surface area contributed by atoms with Crippen molar-refractivity contribution in [2.45, 2.75) is 32.2 Å². The van der Waals surface area contributed by atoms with E-state index in [0.29, 0.717) is 32.2 Å². The molecule has 1 aliphatic heterocycles.